The quantitative estimate of drug-likeness (QED) is 0.598. The van der Waals surface area contributed by atoms with Crippen molar-refractivity contribution in [3.63, 3.8) is 0 Å². The van der Waals surface area contributed by atoms with Crippen LogP contribution in [0.1, 0.15) is 29.7 Å². The van der Waals surface area contributed by atoms with E-state index in [9.17, 15) is 19.4 Å². The summed E-state index contributed by atoms with van der Waals surface area (Å²) in [7, 11) is 1.55. The molecule has 3 atom stereocenters. The van der Waals surface area contributed by atoms with Gasteiger partial charge in [-0.2, -0.15) is 0 Å². The highest BCUT2D eigenvalue weighted by atomic mass is 35.5. The Kier molecular flexibility index (Phi) is 5.63. The van der Waals surface area contributed by atoms with E-state index in [-0.39, 0.29) is 24.0 Å². The molecule has 3 heterocycles. The van der Waals surface area contributed by atoms with Gasteiger partial charge in [0.2, 0.25) is 0 Å². The highest BCUT2D eigenvalue weighted by molar-refractivity contribution is 6.47. The summed E-state index contributed by atoms with van der Waals surface area (Å²) in [6.07, 6.45) is 1.67. The monoisotopic (exact) mass is 434 g/mol. The first kappa shape index (κ1) is 20.6. The fourth-order valence-corrected chi connectivity index (χ4v) is 3.85. The molecule has 1 aliphatic heterocycles. The largest absolute Gasteiger partial charge is 0.390 e. The summed E-state index contributed by atoms with van der Waals surface area (Å²) in [5.41, 5.74) is 1.59. The standard InChI is InChI=1S/C19H20ClFN6O3/c1-27(7-9-4-10(21)5-23-17(9)20)19(30)15-14-12(6-22-15)24-8-25-18(14)26-11-2-3-13(28)16(11)29/h4-5,8,11,13,16,28-29H,2-3,6-7H2,1H3,(H,24,25,26)/t11-,13-,16+/m1/s1. The molecule has 1 fully saturated rings. The number of halogens is 2. The van der Waals surface area contributed by atoms with Crippen LogP contribution in [0.3, 0.4) is 0 Å². The second kappa shape index (κ2) is 8.21. The van der Waals surface area contributed by atoms with E-state index in [2.05, 4.69) is 25.3 Å². The van der Waals surface area contributed by atoms with Crippen molar-refractivity contribution >= 4 is 29.0 Å². The smallest absolute Gasteiger partial charge is 0.272 e. The van der Waals surface area contributed by atoms with Crippen LogP contribution in [0.4, 0.5) is 10.2 Å². The molecule has 3 N–H and O–H groups in total. The Morgan fingerprint density at radius 3 is 2.87 bits per heavy atom. The number of carbonyl (C=O) groups is 1. The molecule has 9 nitrogen and oxygen atoms in total. The Bertz CT molecular complexity index is 1020. The zero-order valence-corrected chi connectivity index (χ0v) is 16.8. The normalized spacial score (nSPS) is 22.6. The van der Waals surface area contributed by atoms with Gasteiger partial charge < -0.3 is 20.4 Å². The first-order valence-corrected chi connectivity index (χ1v) is 9.79. The fraction of sp³-hybridized carbons (Fsp3) is 0.421. The molecule has 4 rings (SSSR count). The van der Waals surface area contributed by atoms with Gasteiger partial charge in [-0.3, -0.25) is 9.79 Å². The molecule has 0 radical (unpaired) electrons. The average Bonchev–Trinajstić information content (AvgIpc) is 3.29. The number of likely N-dealkylation sites (N-methyl/N-ethyl adjacent to an activating group) is 1. The molecule has 11 heteroatoms. The van der Waals surface area contributed by atoms with Crippen LogP contribution in [0.15, 0.2) is 23.6 Å². The van der Waals surface area contributed by atoms with E-state index in [0.29, 0.717) is 35.5 Å². The Morgan fingerprint density at radius 1 is 1.33 bits per heavy atom. The number of rotatable bonds is 5. The maximum atomic E-state index is 13.5. The van der Waals surface area contributed by atoms with Gasteiger partial charge in [-0.15, -0.1) is 0 Å². The van der Waals surface area contributed by atoms with E-state index in [0.717, 1.165) is 6.20 Å². The number of fused-ring (bicyclic) bond motifs is 1. The molecule has 0 aromatic carbocycles. The molecule has 0 unspecified atom stereocenters. The van der Waals surface area contributed by atoms with E-state index in [1.807, 2.05) is 0 Å². The van der Waals surface area contributed by atoms with Gasteiger partial charge in [-0.1, -0.05) is 11.6 Å². The van der Waals surface area contributed by atoms with Gasteiger partial charge in [0.05, 0.1) is 42.2 Å². The minimum Gasteiger partial charge on any atom is -0.390 e. The Labute approximate surface area is 176 Å². The van der Waals surface area contributed by atoms with Gasteiger partial charge in [0.1, 0.15) is 28.8 Å². The molecule has 2 aromatic heterocycles. The third kappa shape index (κ3) is 3.85. The minimum atomic E-state index is -0.932. The molecular formula is C19H20ClFN6O3. The summed E-state index contributed by atoms with van der Waals surface area (Å²) in [5, 5.41) is 23.2. The van der Waals surface area contributed by atoms with Gasteiger partial charge in [0, 0.05) is 19.2 Å². The van der Waals surface area contributed by atoms with Crippen LogP contribution in [0.25, 0.3) is 0 Å². The molecule has 0 bridgehead atoms. The number of pyridine rings is 1. The number of aromatic nitrogens is 3. The lowest BCUT2D eigenvalue weighted by Gasteiger charge is -2.21. The summed E-state index contributed by atoms with van der Waals surface area (Å²) in [4.78, 5) is 31.0. The van der Waals surface area contributed by atoms with Crippen molar-refractivity contribution in [2.24, 2.45) is 4.99 Å². The number of hydrogen-bond donors (Lipinski definition) is 3. The lowest BCUT2D eigenvalue weighted by Crippen LogP contribution is -2.36. The molecule has 2 aromatic rings. The van der Waals surface area contributed by atoms with Crippen LogP contribution in [0, 0.1) is 5.82 Å². The third-order valence-corrected chi connectivity index (χ3v) is 5.63. The minimum absolute atomic E-state index is 0.0424. The molecule has 30 heavy (non-hydrogen) atoms. The Morgan fingerprint density at radius 2 is 2.13 bits per heavy atom. The Hall–Kier alpha value is -2.69. The van der Waals surface area contributed by atoms with Gasteiger partial charge in [0.15, 0.2) is 0 Å². The van der Waals surface area contributed by atoms with Crippen LogP contribution in [0.5, 0.6) is 0 Å². The number of anilines is 1. The van der Waals surface area contributed by atoms with Gasteiger partial charge in [-0.05, 0) is 18.9 Å². The van der Waals surface area contributed by atoms with Crippen molar-refractivity contribution < 1.29 is 19.4 Å². The van der Waals surface area contributed by atoms with Gasteiger partial charge in [-0.25, -0.2) is 19.3 Å². The highest BCUT2D eigenvalue weighted by Gasteiger charge is 2.36. The molecular weight excluding hydrogens is 415 g/mol. The number of carbonyl (C=O) groups excluding carboxylic acids is 1. The maximum absolute atomic E-state index is 13.5. The SMILES string of the molecule is CN(Cc1cc(F)cnc1Cl)C(=O)C1=NCc2ncnc(N[C@@H]3CC[C@@H](O)[C@H]3O)c21. The second-order valence-electron chi connectivity index (χ2n) is 7.36. The molecule has 1 saturated carbocycles. The maximum Gasteiger partial charge on any atom is 0.272 e. The van der Waals surface area contributed by atoms with E-state index < -0.39 is 30.0 Å². The molecule has 0 saturated heterocycles. The van der Waals surface area contributed by atoms with Crippen molar-refractivity contribution in [1.29, 1.82) is 0 Å². The highest BCUT2D eigenvalue weighted by Crippen LogP contribution is 2.28. The van der Waals surface area contributed by atoms with E-state index in [4.69, 9.17) is 11.6 Å². The molecule has 1 aliphatic carbocycles. The van der Waals surface area contributed by atoms with E-state index in [1.165, 1.54) is 17.3 Å². The summed E-state index contributed by atoms with van der Waals surface area (Å²) < 4.78 is 13.5. The molecule has 2 aliphatic rings. The molecule has 1 amide bonds. The summed E-state index contributed by atoms with van der Waals surface area (Å²) in [6.45, 7) is 0.264. The predicted octanol–water partition coefficient (Wildman–Crippen LogP) is 0.921. The average molecular weight is 435 g/mol. The number of aliphatic hydroxyl groups is 2. The summed E-state index contributed by atoms with van der Waals surface area (Å²) in [5.74, 6) is -0.573. The summed E-state index contributed by atoms with van der Waals surface area (Å²) in [6, 6.07) is 0.831. The molecule has 158 valence electrons. The van der Waals surface area contributed by atoms with Crippen LogP contribution >= 0.6 is 11.6 Å². The molecule has 0 spiro atoms. The van der Waals surface area contributed by atoms with Crippen LogP contribution in [0.2, 0.25) is 5.15 Å². The fourth-order valence-electron chi connectivity index (χ4n) is 3.68. The number of aliphatic imine (C=N–C) groups is 1. The van der Waals surface area contributed by atoms with Crippen LogP contribution in [-0.2, 0) is 17.9 Å². The lowest BCUT2D eigenvalue weighted by molar-refractivity contribution is -0.123. The van der Waals surface area contributed by atoms with Crippen molar-refractivity contribution in [3.05, 3.63) is 46.4 Å². The Balaban J connectivity index is 1.56. The first-order chi connectivity index (χ1) is 14.3. The van der Waals surface area contributed by atoms with Gasteiger partial charge in [0.25, 0.3) is 5.91 Å². The van der Waals surface area contributed by atoms with Gasteiger partial charge >= 0.3 is 0 Å². The van der Waals surface area contributed by atoms with Crippen molar-refractivity contribution in [2.45, 2.75) is 44.2 Å². The van der Waals surface area contributed by atoms with E-state index in [1.54, 1.807) is 7.05 Å². The second-order valence-corrected chi connectivity index (χ2v) is 7.72. The van der Waals surface area contributed by atoms with Crippen molar-refractivity contribution in [1.82, 2.24) is 19.9 Å². The number of amides is 1. The number of nitrogens with one attached hydrogen (secondary N) is 1. The van der Waals surface area contributed by atoms with Crippen molar-refractivity contribution in [2.75, 3.05) is 12.4 Å². The zero-order valence-electron chi connectivity index (χ0n) is 16.1. The van der Waals surface area contributed by atoms with Crippen LogP contribution < -0.4 is 5.32 Å². The number of hydrogen-bond acceptors (Lipinski definition) is 8. The van der Waals surface area contributed by atoms with Crippen LogP contribution in [-0.4, -0.2) is 67.0 Å². The van der Waals surface area contributed by atoms with E-state index >= 15 is 0 Å². The third-order valence-electron chi connectivity index (χ3n) is 5.29. The van der Waals surface area contributed by atoms with Crippen molar-refractivity contribution in [3.8, 4) is 0 Å². The zero-order chi connectivity index (χ0) is 21.4. The summed E-state index contributed by atoms with van der Waals surface area (Å²) >= 11 is 6.01. The number of nitrogens with zero attached hydrogens (tertiary/aromatic N) is 5. The number of aliphatic hydroxyl groups excluding tert-OH is 2. The first-order valence-electron chi connectivity index (χ1n) is 9.42. The lowest BCUT2D eigenvalue weighted by atomic mass is 10.1. The predicted molar refractivity (Wildman–Crippen MR) is 107 cm³/mol. The topological polar surface area (TPSA) is 124 Å².